The van der Waals surface area contributed by atoms with Crippen LogP contribution in [0.15, 0.2) is 36.4 Å². The van der Waals surface area contributed by atoms with Gasteiger partial charge in [-0.05, 0) is 31.1 Å². The highest BCUT2D eigenvalue weighted by atomic mass is 16.5. The molecule has 21 heavy (non-hydrogen) atoms. The quantitative estimate of drug-likeness (QED) is 0.931. The highest BCUT2D eigenvalue weighted by molar-refractivity contribution is 5.89. The Labute approximate surface area is 125 Å². The summed E-state index contributed by atoms with van der Waals surface area (Å²) in [6, 6.07) is 12.2. The molecule has 3 heteroatoms. The van der Waals surface area contributed by atoms with Crippen molar-refractivity contribution >= 4 is 10.8 Å². The van der Waals surface area contributed by atoms with Crippen LogP contribution in [0.1, 0.15) is 31.4 Å². The number of fused-ring (bicyclic) bond motifs is 1. The van der Waals surface area contributed by atoms with E-state index in [0.29, 0.717) is 12.5 Å². The summed E-state index contributed by atoms with van der Waals surface area (Å²) in [5.74, 6) is 1.37. The van der Waals surface area contributed by atoms with E-state index in [1.807, 2.05) is 24.3 Å². The first kappa shape index (κ1) is 14.4. The summed E-state index contributed by atoms with van der Waals surface area (Å²) in [5, 5.41) is 12.2. The SMILES string of the molecule is C[C@@H](O)c1ccc2ccccc2c1OCC1CCOCC1. The molecule has 112 valence electrons. The summed E-state index contributed by atoms with van der Waals surface area (Å²) in [6.45, 7) is 4.13. The van der Waals surface area contributed by atoms with E-state index in [1.54, 1.807) is 6.92 Å². The topological polar surface area (TPSA) is 38.7 Å². The smallest absolute Gasteiger partial charge is 0.132 e. The molecule has 1 atom stereocenters. The third kappa shape index (κ3) is 3.20. The summed E-state index contributed by atoms with van der Waals surface area (Å²) in [7, 11) is 0. The van der Waals surface area contributed by atoms with Gasteiger partial charge in [-0.2, -0.15) is 0 Å². The second-order valence-corrected chi connectivity index (χ2v) is 5.75. The van der Waals surface area contributed by atoms with Gasteiger partial charge in [-0.1, -0.05) is 36.4 Å². The van der Waals surface area contributed by atoms with E-state index in [-0.39, 0.29) is 0 Å². The minimum atomic E-state index is -0.528. The van der Waals surface area contributed by atoms with Crippen LogP contribution in [0.2, 0.25) is 0 Å². The van der Waals surface area contributed by atoms with Crippen molar-refractivity contribution in [3.63, 3.8) is 0 Å². The van der Waals surface area contributed by atoms with Crippen molar-refractivity contribution < 1.29 is 14.6 Å². The Morgan fingerprint density at radius 1 is 1.19 bits per heavy atom. The Bertz CT molecular complexity index is 600. The Kier molecular flexibility index (Phi) is 4.42. The molecule has 1 saturated heterocycles. The molecule has 0 amide bonds. The molecule has 2 aromatic rings. The number of aliphatic hydroxyl groups is 1. The van der Waals surface area contributed by atoms with Crippen LogP contribution in [0.25, 0.3) is 10.8 Å². The van der Waals surface area contributed by atoms with Crippen molar-refractivity contribution in [3.05, 3.63) is 42.0 Å². The van der Waals surface area contributed by atoms with Gasteiger partial charge in [-0.15, -0.1) is 0 Å². The van der Waals surface area contributed by atoms with E-state index in [4.69, 9.17) is 9.47 Å². The number of hydrogen-bond acceptors (Lipinski definition) is 3. The molecular formula is C18H22O3. The maximum absolute atomic E-state index is 10.0. The van der Waals surface area contributed by atoms with E-state index in [9.17, 15) is 5.11 Å². The summed E-state index contributed by atoms with van der Waals surface area (Å²) in [6.07, 6.45) is 1.57. The van der Waals surface area contributed by atoms with Crippen molar-refractivity contribution in [3.8, 4) is 5.75 Å². The lowest BCUT2D eigenvalue weighted by molar-refractivity contribution is 0.0494. The molecule has 0 saturated carbocycles. The molecule has 0 spiro atoms. The number of benzene rings is 2. The summed E-state index contributed by atoms with van der Waals surface area (Å²) >= 11 is 0. The normalized spacial score (nSPS) is 17.8. The molecular weight excluding hydrogens is 264 g/mol. The molecule has 1 N–H and O–H groups in total. The van der Waals surface area contributed by atoms with Gasteiger partial charge in [-0.25, -0.2) is 0 Å². The van der Waals surface area contributed by atoms with Crippen molar-refractivity contribution in [1.29, 1.82) is 0 Å². The zero-order valence-electron chi connectivity index (χ0n) is 12.4. The zero-order valence-corrected chi connectivity index (χ0v) is 12.4. The first-order valence-electron chi connectivity index (χ1n) is 7.66. The van der Waals surface area contributed by atoms with Crippen LogP contribution in [0.3, 0.4) is 0 Å². The van der Waals surface area contributed by atoms with Crippen molar-refractivity contribution in [2.75, 3.05) is 19.8 Å². The number of ether oxygens (including phenoxy) is 2. The van der Waals surface area contributed by atoms with Gasteiger partial charge < -0.3 is 14.6 Å². The minimum Gasteiger partial charge on any atom is -0.492 e. The van der Waals surface area contributed by atoms with Crippen molar-refractivity contribution in [1.82, 2.24) is 0 Å². The Hall–Kier alpha value is -1.58. The molecule has 2 aromatic carbocycles. The van der Waals surface area contributed by atoms with Crippen LogP contribution in [-0.4, -0.2) is 24.9 Å². The van der Waals surface area contributed by atoms with Gasteiger partial charge in [0, 0.05) is 24.2 Å². The number of hydrogen-bond donors (Lipinski definition) is 1. The monoisotopic (exact) mass is 286 g/mol. The predicted octanol–water partition coefficient (Wildman–Crippen LogP) is 3.70. The lowest BCUT2D eigenvalue weighted by Crippen LogP contribution is -2.21. The van der Waals surface area contributed by atoms with Gasteiger partial charge in [0.15, 0.2) is 0 Å². The Balaban J connectivity index is 1.88. The van der Waals surface area contributed by atoms with Gasteiger partial charge >= 0.3 is 0 Å². The fraction of sp³-hybridized carbons (Fsp3) is 0.444. The molecule has 0 aliphatic carbocycles. The molecule has 0 bridgehead atoms. The van der Waals surface area contributed by atoms with Gasteiger partial charge in [0.1, 0.15) is 5.75 Å². The average Bonchev–Trinajstić information content (AvgIpc) is 2.53. The maximum Gasteiger partial charge on any atom is 0.132 e. The molecule has 0 aromatic heterocycles. The molecule has 1 fully saturated rings. The lowest BCUT2D eigenvalue weighted by Gasteiger charge is -2.24. The van der Waals surface area contributed by atoms with Gasteiger partial charge in [0.2, 0.25) is 0 Å². The zero-order chi connectivity index (χ0) is 14.7. The van der Waals surface area contributed by atoms with Crippen LogP contribution in [0.4, 0.5) is 0 Å². The molecule has 1 aliphatic heterocycles. The molecule has 1 heterocycles. The average molecular weight is 286 g/mol. The molecule has 0 radical (unpaired) electrons. The fourth-order valence-corrected chi connectivity index (χ4v) is 2.86. The van der Waals surface area contributed by atoms with E-state index in [0.717, 1.165) is 48.1 Å². The van der Waals surface area contributed by atoms with Crippen LogP contribution in [0, 0.1) is 5.92 Å². The van der Waals surface area contributed by atoms with Crippen molar-refractivity contribution in [2.24, 2.45) is 5.92 Å². The third-order valence-electron chi connectivity index (χ3n) is 4.16. The molecule has 1 aliphatic rings. The first-order chi connectivity index (χ1) is 10.3. The van der Waals surface area contributed by atoms with Gasteiger partial charge in [0.05, 0.1) is 12.7 Å². The Morgan fingerprint density at radius 2 is 1.95 bits per heavy atom. The van der Waals surface area contributed by atoms with Crippen LogP contribution >= 0.6 is 0 Å². The van der Waals surface area contributed by atoms with Crippen LogP contribution in [0.5, 0.6) is 5.75 Å². The maximum atomic E-state index is 10.0. The number of aliphatic hydroxyl groups excluding tert-OH is 1. The highest BCUT2D eigenvalue weighted by Gasteiger charge is 2.17. The first-order valence-corrected chi connectivity index (χ1v) is 7.66. The molecule has 3 nitrogen and oxygen atoms in total. The van der Waals surface area contributed by atoms with E-state index in [1.165, 1.54) is 0 Å². The fourth-order valence-electron chi connectivity index (χ4n) is 2.86. The van der Waals surface area contributed by atoms with Gasteiger partial charge in [0.25, 0.3) is 0 Å². The predicted molar refractivity (Wildman–Crippen MR) is 83.6 cm³/mol. The third-order valence-corrected chi connectivity index (χ3v) is 4.16. The van der Waals surface area contributed by atoms with Crippen LogP contribution < -0.4 is 4.74 Å². The summed E-state index contributed by atoms with van der Waals surface area (Å²) in [4.78, 5) is 0. The minimum absolute atomic E-state index is 0.528. The number of rotatable bonds is 4. The van der Waals surface area contributed by atoms with E-state index in [2.05, 4.69) is 12.1 Å². The Morgan fingerprint density at radius 3 is 2.71 bits per heavy atom. The largest absolute Gasteiger partial charge is 0.492 e. The molecule has 3 rings (SSSR count). The van der Waals surface area contributed by atoms with Crippen molar-refractivity contribution in [2.45, 2.75) is 25.9 Å². The second kappa shape index (κ2) is 6.46. The van der Waals surface area contributed by atoms with Crippen LogP contribution in [-0.2, 0) is 4.74 Å². The standard InChI is InChI=1S/C18H22O3/c1-13(19)16-7-6-15-4-2-3-5-17(15)18(16)21-12-14-8-10-20-11-9-14/h2-7,13-14,19H,8-12H2,1H3/t13-/m1/s1. The lowest BCUT2D eigenvalue weighted by atomic mass is 10.0. The van der Waals surface area contributed by atoms with E-state index >= 15 is 0 Å². The molecule has 0 unspecified atom stereocenters. The van der Waals surface area contributed by atoms with E-state index < -0.39 is 6.10 Å². The van der Waals surface area contributed by atoms with Gasteiger partial charge in [-0.3, -0.25) is 0 Å². The summed E-state index contributed by atoms with van der Waals surface area (Å²) < 4.78 is 11.5. The summed E-state index contributed by atoms with van der Waals surface area (Å²) in [5.41, 5.74) is 0.862. The highest BCUT2D eigenvalue weighted by Crippen LogP contribution is 2.34. The second-order valence-electron chi connectivity index (χ2n) is 5.75.